The molecule has 1 fully saturated rings. The number of ether oxygens (including phenoxy) is 1. The molecule has 2 aromatic carbocycles. The Balaban J connectivity index is 1.61. The minimum absolute atomic E-state index is 0.0109. The van der Waals surface area contributed by atoms with Crippen LogP contribution in [0.4, 0.5) is 23.2 Å². The molecule has 0 saturated heterocycles. The van der Waals surface area contributed by atoms with Crippen molar-refractivity contribution in [3.63, 3.8) is 0 Å². The van der Waals surface area contributed by atoms with E-state index in [4.69, 9.17) is 16.3 Å². The molecule has 1 aliphatic rings. The van der Waals surface area contributed by atoms with E-state index in [0.29, 0.717) is 12.1 Å². The van der Waals surface area contributed by atoms with Crippen molar-refractivity contribution < 1.29 is 35.5 Å². The Labute approximate surface area is 187 Å². The number of nitrogens with one attached hydrogen (secondary N) is 2. The van der Waals surface area contributed by atoms with Gasteiger partial charge >= 0.3 is 6.18 Å². The first-order valence-corrected chi connectivity index (χ1v) is 11.4. The van der Waals surface area contributed by atoms with E-state index in [1.807, 2.05) is 0 Å². The molecule has 2 N–H and O–H groups in total. The maximum absolute atomic E-state index is 13.3. The van der Waals surface area contributed by atoms with Crippen molar-refractivity contribution in [2.75, 3.05) is 11.9 Å². The van der Waals surface area contributed by atoms with Gasteiger partial charge in [0.25, 0.3) is 5.91 Å². The van der Waals surface area contributed by atoms with Crippen LogP contribution in [0, 0.1) is 5.82 Å². The summed E-state index contributed by atoms with van der Waals surface area (Å²) in [5.74, 6) is -2.27. The van der Waals surface area contributed by atoms with Gasteiger partial charge in [0.15, 0.2) is 6.61 Å². The number of anilines is 1. The molecule has 0 aromatic heterocycles. The molecule has 0 heterocycles. The van der Waals surface area contributed by atoms with Gasteiger partial charge in [-0.15, -0.1) is 0 Å². The second kappa shape index (κ2) is 9.63. The molecule has 1 saturated carbocycles. The molecule has 0 radical (unpaired) electrons. The summed E-state index contributed by atoms with van der Waals surface area (Å²) in [4.78, 5) is 11.9. The van der Waals surface area contributed by atoms with Gasteiger partial charge in [-0.2, -0.15) is 13.2 Å². The number of alkyl halides is 3. The van der Waals surface area contributed by atoms with Crippen molar-refractivity contribution in [2.45, 2.75) is 42.8 Å². The molecule has 1 amide bonds. The molecular formula is C20H19ClF4N2O4S. The summed E-state index contributed by atoms with van der Waals surface area (Å²) in [7, 11) is -3.77. The summed E-state index contributed by atoms with van der Waals surface area (Å²) in [6.45, 7) is -0.620. The van der Waals surface area contributed by atoms with Crippen LogP contribution < -0.4 is 14.8 Å². The highest BCUT2D eigenvalue weighted by Gasteiger charge is 2.34. The lowest BCUT2D eigenvalue weighted by Crippen LogP contribution is -2.32. The Hall–Kier alpha value is -2.37. The number of sulfonamides is 1. The van der Waals surface area contributed by atoms with Gasteiger partial charge in [0, 0.05) is 11.7 Å². The van der Waals surface area contributed by atoms with E-state index in [0.717, 1.165) is 31.7 Å². The van der Waals surface area contributed by atoms with Gasteiger partial charge in [-0.05, 0) is 49.2 Å². The van der Waals surface area contributed by atoms with Crippen molar-refractivity contribution in [1.82, 2.24) is 4.72 Å². The minimum atomic E-state index is -4.91. The van der Waals surface area contributed by atoms with Crippen LogP contribution in [-0.2, 0) is 21.0 Å². The second-order valence-corrected chi connectivity index (χ2v) is 9.35. The second-order valence-electron chi connectivity index (χ2n) is 7.22. The lowest BCUT2D eigenvalue weighted by Gasteiger charge is -2.14. The van der Waals surface area contributed by atoms with E-state index in [9.17, 15) is 30.8 Å². The van der Waals surface area contributed by atoms with Gasteiger partial charge in [0.1, 0.15) is 11.6 Å². The number of amides is 1. The topological polar surface area (TPSA) is 84.5 Å². The maximum Gasteiger partial charge on any atom is 0.419 e. The van der Waals surface area contributed by atoms with E-state index in [-0.39, 0.29) is 27.4 Å². The number of hydrogen-bond donors (Lipinski definition) is 2. The van der Waals surface area contributed by atoms with E-state index < -0.39 is 40.1 Å². The summed E-state index contributed by atoms with van der Waals surface area (Å²) >= 11 is 6.07. The fourth-order valence-electron chi connectivity index (χ4n) is 3.26. The van der Waals surface area contributed by atoms with Crippen LogP contribution in [0.3, 0.4) is 0 Å². The molecule has 3 rings (SSSR count). The minimum Gasteiger partial charge on any atom is -0.482 e. The molecule has 174 valence electrons. The largest absolute Gasteiger partial charge is 0.482 e. The first kappa shape index (κ1) is 24.3. The summed E-state index contributed by atoms with van der Waals surface area (Å²) in [5, 5.41) is 2.11. The summed E-state index contributed by atoms with van der Waals surface area (Å²) in [6, 6.07) is 5.65. The normalized spacial score (nSPS) is 15.0. The molecule has 12 heteroatoms. The highest BCUT2D eigenvalue weighted by molar-refractivity contribution is 7.89. The van der Waals surface area contributed by atoms with E-state index >= 15 is 0 Å². The highest BCUT2D eigenvalue weighted by atomic mass is 35.5. The number of benzene rings is 2. The predicted octanol–water partition coefficient (Wildman–Crippen LogP) is 4.74. The summed E-state index contributed by atoms with van der Waals surface area (Å²) in [5.41, 5.74) is -1.78. The third kappa shape index (κ3) is 6.11. The SMILES string of the molecule is O=C(COc1ccc(S(=O)(=O)NC2CCCC2)cc1Cl)Nc1ccc(F)c(C(F)(F)F)c1. The van der Waals surface area contributed by atoms with Gasteiger partial charge < -0.3 is 10.1 Å². The Morgan fingerprint density at radius 2 is 1.81 bits per heavy atom. The third-order valence-corrected chi connectivity index (χ3v) is 6.62. The first-order valence-electron chi connectivity index (χ1n) is 9.57. The van der Waals surface area contributed by atoms with Crippen molar-refractivity contribution in [1.29, 1.82) is 0 Å². The van der Waals surface area contributed by atoms with Gasteiger partial charge in [0.05, 0.1) is 15.5 Å². The van der Waals surface area contributed by atoms with Crippen molar-refractivity contribution >= 4 is 33.2 Å². The molecule has 6 nitrogen and oxygen atoms in total. The fraction of sp³-hybridized carbons (Fsp3) is 0.350. The standard InChI is InChI=1S/C20H19ClF4N2O4S/c21-16-10-14(32(29,30)27-12-3-1-2-4-12)6-8-18(16)31-11-19(28)26-13-5-7-17(22)15(9-13)20(23,24)25/h5-10,12,27H,1-4,11H2,(H,26,28). The van der Waals surface area contributed by atoms with E-state index in [1.165, 1.54) is 18.2 Å². The number of halogens is 5. The summed E-state index contributed by atoms with van der Waals surface area (Å²) in [6.07, 6.45) is -1.47. The molecule has 0 bridgehead atoms. The zero-order chi connectivity index (χ0) is 23.5. The molecule has 0 unspecified atom stereocenters. The smallest absolute Gasteiger partial charge is 0.419 e. The van der Waals surface area contributed by atoms with Gasteiger partial charge in [0.2, 0.25) is 10.0 Å². The molecule has 0 aliphatic heterocycles. The molecule has 32 heavy (non-hydrogen) atoms. The molecule has 0 spiro atoms. The van der Waals surface area contributed by atoms with Crippen molar-refractivity contribution in [3.8, 4) is 5.75 Å². The Morgan fingerprint density at radius 1 is 1.12 bits per heavy atom. The number of carbonyl (C=O) groups is 1. The molecule has 0 atom stereocenters. The van der Waals surface area contributed by atoms with Crippen LogP contribution in [0.2, 0.25) is 5.02 Å². The van der Waals surface area contributed by atoms with Crippen molar-refractivity contribution in [3.05, 3.63) is 52.8 Å². The zero-order valence-corrected chi connectivity index (χ0v) is 18.1. The Morgan fingerprint density at radius 3 is 2.44 bits per heavy atom. The molecule has 1 aliphatic carbocycles. The van der Waals surface area contributed by atoms with Gasteiger partial charge in [-0.1, -0.05) is 24.4 Å². The first-order chi connectivity index (χ1) is 15.0. The van der Waals surface area contributed by atoms with Crippen LogP contribution in [0.25, 0.3) is 0 Å². The molecular weight excluding hydrogens is 476 g/mol. The van der Waals surface area contributed by atoms with Gasteiger partial charge in [-0.3, -0.25) is 4.79 Å². The number of carbonyl (C=O) groups excluding carboxylic acids is 1. The average Bonchev–Trinajstić information content (AvgIpc) is 3.20. The van der Waals surface area contributed by atoms with Crippen LogP contribution in [0.1, 0.15) is 31.2 Å². The zero-order valence-electron chi connectivity index (χ0n) is 16.5. The van der Waals surface area contributed by atoms with Gasteiger partial charge in [-0.25, -0.2) is 17.5 Å². The lowest BCUT2D eigenvalue weighted by molar-refractivity contribution is -0.140. The van der Waals surface area contributed by atoms with Crippen molar-refractivity contribution in [2.24, 2.45) is 0 Å². The Kier molecular flexibility index (Phi) is 7.31. The average molecular weight is 495 g/mol. The third-order valence-electron chi connectivity index (χ3n) is 4.80. The number of rotatable bonds is 7. The maximum atomic E-state index is 13.3. The monoisotopic (exact) mass is 494 g/mol. The molecule has 2 aromatic rings. The van der Waals surface area contributed by atoms with Crippen LogP contribution in [-0.4, -0.2) is 27.0 Å². The lowest BCUT2D eigenvalue weighted by atomic mass is 10.2. The quantitative estimate of drug-likeness (QED) is 0.545. The fourth-order valence-corrected chi connectivity index (χ4v) is 4.89. The van der Waals surface area contributed by atoms with Crippen LogP contribution in [0.5, 0.6) is 5.75 Å². The Bertz CT molecular complexity index is 1100. The van der Waals surface area contributed by atoms with Crippen LogP contribution in [0.15, 0.2) is 41.3 Å². The summed E-state index contributed by atoms with van der Waals surface area (Å²) < 4.78 is 84.4. The van der Waals surface area contributed by atoms with E-state index in [1.54, 1.807) is 0 Å². The predicted molar refractivity (Wildman–Crippen MR) is 110 cm³/mol. The van der Waals surface area contributed by atoms with E-state index in [2.05, 4.69) is 10.0 Å². The highest BCUT2D eigenvalue weighted by Crippen LogP contribution is 2.33. The van der Waals surface area contributed by atoms with Crippen LogP contribution >= 0.6 is 11.6 Å². The number of hydrogen-bond acceptors (Lipinski definition) is 4.